The molecule has 0 N–H and O–H groups in total. The van der Waals surface area contributed by atoms with Gasteiger partial charge in [0.2, 0.25) is 0 Å². The van der Waals surface area contributed by atoms with Gasteiger partial charge in [0.25, 0.3) is 0 Å². The van der Waals surface area contributed by atoms with Crippen LogP contribution in [-0.2, 0) is 0 Å². The third-order valence-electron chi connectivity index (χ3n) is 3.30. The molecule has 0 radical (unpaired) electrons. The highest BCUT2D eigenvalue weighted by atomic mass is 79.9. The van der Waals surface area contributed by atoms with Crippen LogP contribution in [0.3, 0.4) is 0 Å². The van der Waals surface area contributed by atoms with Gasteiger partial charge in [-0.05, 0) is 55.6 Å². The third-order valence-corrected chi connectivity index (χ3v) is 5.04. The van der Waals surface area contributed by atoms with Crippen LogP contribution >= 0.6 is 43.5 Å². The first-order valence-corrected chi connectivity index (χ1v) is 8.25. The number of ether oxygens (including phenoxy) is 1. The number of methoxy groups -OCH3 is 1. The average Bonchev–Trinajstić information content (AvgIpc) is 2.49. The zero-order valence-electron chi connectivity index (χ0n) is 11.3. The summed E-state index contributed by atoms with van der Waals surface area (Å²) in [6.45, 7) is 0. The van der Waals surface area contributed by atoms with Crippen molar-refractivity contribution in [2.75, 3.05) is 7.11 Å². The minimum absolute atomic E-state index is 0.291. The summed E-state index contributed by atoms with van der Waals surface area (Å²) in [6, 6.07) is 7.99. The molecule has 3 aromatic rings. The van der Waals surface area contributed by atoms with E-state index < -0.39 is 0 Å². The van der Waals surface area contributed by atoms with Crippen LogP contribution in [0.15, 0.2) is 45.5 Å². The molecule has 0 aliphatic rings. The summed E-state index contributed by atoms with van der Waals surface area (Å²) in [7, 11) is 1.59. The lowest BCUT2D eigenvalue weighted by molar-refractivity contribution is 0.410. The number of aromatic nitrogens is 1. The molecule has 2 aromatic carbocycles. The number of hydrogen-bond acceptors (Lipinski definition) is 2. The first-order chi connectivity index (χ1) is 10.5. The number of pyridine rings is 1. The van der Waals surface area contributed by atoms with Gasteiger partial charge < -0.3 is 4.74 Å². The summed E-state index contributed by atoms with van der Waals surface area (Å²) in [6.07, 6.45) is 1.68. The van der Waals surface area contributed by atoms with Crippen molar-refractivity contribution >= 4 is 54.4 Å². The van der Waals surface area contributed by atoms with Crippen molar-refractivity contribution in [2.45, 2.75) is 0 Å². The summed E-state index contributed by atoms with van der Waals surface area (Å²) in [5.74, 6) is 0.354. The average molecular weight is 446 g/mol. The van der Waals surface area contributed by atoms with Crippen molar-refractivity contribution < 1.29 is 9.13 Å². The predicted octanol–water partition coefficient (Wildman–Crippen LogP) is 6.23. The van der Waals surface area contributed by atoms with Crippen LogP contribution in [0.1, 0.15) is 0 Å². The number of rotatable bonds is 2. The molecule has 0 saturated heterocycles. The monoisotopic (exact) mass is 443 g/mol. The molecule has 0 spiro atoms. The van der Waals surface area contributed by atoms with Gasteiger partial charge in [-0.3, -0.25) is 4.98 Å². The van der Waals surface area contributed by atoms with Gasteiger partial charge >= 0.3 is 0 Å². The lowest BCUT2D eigenvalue weighted by Crippen LogP contribution is -1.92. The van der Waals surface area contributed by atoms with Crippen LogP contribution in [0.25, 0.3) is 22.0 Å². The highest BCUT2D eigenvalue weighted by Gasteiger charge is 2.17. The fraction of sp³-hybridized carbons (Fsp3) is 0.0625. The van der Waals surface area contributed by atoms with Gasteiger partial charge in [0.1, 0.15) is 11.6 Å². The van der Waals surface area contributed by atoms with E-state index in [1.165, 1.54) is 12.1 Å². The summed E-state index contributed by atoms with van der Waals surface area (Å²) in [5.41, 5.74) is 2.27. The van der Waals surface area contributed by atoms with Crippen LogP contribution in [0, 0.1) is 5.82 Å². The smallest absolute Gasteiger partial charge is 0.148 e. The molecule has 0 fully saturated rings. The maximum Gasteiger partial charge on any atom is 0.148 e. The summed E-state index contributed by atoms with van der Waals surface area (Å²) in [4.78, 5) is 4.44. The Labute approximate surface area is 148 Å². The van der Waals surface area contributed by atoms with Crippen LogP contribution in [0.5, 0.6) is 5.75 Å². The van der Waals surface area contributed by atoms with Gasteiger partial charge in [0, 0.05) is 17.1 Å². The predicted molar refractivity (Wildman–Crippen MR) is 94.1 cm³/mol. The highest BCUT2D eigenvalue weighted by molar-refractivity contribution is 9.11. The number of halogens is 4. The Morgan fingerprint density at radius 1 is 1.18 bits per heavy atom. The van der Waals surface area contributed by atoms with Gasteiger partial charge in [-0.15, -0.1) is 0 Å². The van der Waals surface area contributed by atoms with Crippen LogP contribution in [0.2, 0.25) is 5.02 Å². The van der Waals surface area contributed by atoms with Crippen molar-refractivity contribution in [1.82, 2.24) is 4.98 Å². The molecule has 0 bridgehead atoms. The molecule has 3 rings (SSSR count). The molecule has 112 valence electrons. The molecule has 1 aromatic heterocycles. The number of nitrogens with zero attached hydrogens (tertiary/aromatic N) is 1. The van der Waals surface area contributed by atoms with E-state index in [0.29, 0.717) is 10.8 Å². The Hall–Kier alpha value is -1.17. The molecular formula is C16H9Br2ClFNO. The third kappa shape index (κ3) is 2.62. The Morgan fingerprint density at radius 3 is 2.50 bits per heavy atom. The van der Waals surface area contributed by atoms with Crippen molar-refractivity contribution in [3.63, 3.8) is 0 Å². The Bertz CT molecular complexity index is 868. The summed E-state index contributed by atoms with van der Waals surface area (Å²) in [5, 5.41) is 1.29. The molecule has 6 heteroatoms. The van der Waals surface area contributed by atoms with E-state index in [4.69, 9.17) is 16.3 Å². The summed E-state index contributed by atoms with van der Waals surface area (Å²) < 4.78 is 20.0. The standard InChI is InChI=1S/C16H9Br2ClFNO/c1-22-16-11(17)6-12-13(14(16)18)15(19)10(7-21-12)8-2-4-9(20)5-3-8/h2-7H,1H3. The number of hydrogen-bond donors (Lipinski definition) is 0. The maximum atomic E-state index is 13.1. The van der Waals surface area contributed by atoms with Gasteiger partial charge in [-0.2, -0.15) is 0 Å². The Balaban J connectivity index is 2.31. The van der Waals surface area contributed by atoms with Crippen molar-refractivity contribution in [1.29, 1.82) is 0 Å². The lowest BCUT2D eigenvalue weighted by atomic mass is 10.0. The molecular weight excluding hydrogens is 436 g/mol. The van der Waals surface area contributed by atoms with E-state index in [2.05, 4.69) is 36.8 Å². The van der Waals surface area contributed by atoms with Gasteiger partial charge in [-0.1, -0.05) is 23.7 Å². The fourth-order valence-electron chi connectivity index (χ4n) is 2.24. The molecule has 0 aliphatic heterocycles. The molecule has 0 aliphatic carbocycles. The lowest BCUT2D eigenvalue weighted by Gasteiger charge is -2.13. The minimum Gasteiger partial charge on any atom is -0.494 e. The van der Waals surface area contributed by atoms with E-state index in [1.807, 2.05) is 6.07 Å². The number of fused-ring (bicyclic) bond motifs is 1. The molecule has 0 atom stereocenters. The first-order valence-electron chi connectivity index (χ1n) is 6.29. The second-order valence-corrected chi connectivity index (χ2v) is 6.62. The van der Waals surface area contributed by atoms with E-state index in [1.54, 1.807) is 25.4 Å². The second kappa shape index (κ2) is 6.14. The minimum atomic E-state index is -0.291. The Morgan fingerprint density at radius 2 is 1.86 bits per heavy atom. The Kier molecular flexibility index (Phi) is 4.39. The molecule has 0 unspecified atom stereocenters. The zero-order valence-corrected chi connectivity index (χ0v) is 15.3. The van der Waals surface area contributed by atoms with E-state index >= 15 is 0 Å². The SMILES string of the molecule is COc1c(Br)cc2ncc(-c3ccc(F)cc3)c(Cl)c2c1Br. The molecule has 0 saturated carbocycles. The molecule has 2 nitrogen and oxygen atoms in total. The fourth-order valence-corrected chi connectivity index (χ4v) is 4.33. The van der Waals surface area contributed by atoms with Gasteiger partial charge in [-0.25, -0.2) is 4.39 Å². The normalized spacial score (nSPS) is 11.0. The van der Waals surface area contributed by atoms with Crippen LogP contribution < -0.4 is 4.74 Å². The highest BCUT2D eigenvalue weighted by Crippen LogP contribution is 2.44. The molecule has 22 heavy (non-hydrogen) atoms. The van der Waals surface area contributed by atoms with Crippen molar-refractivity contribution in [3.05, 3.63) is 56.3 Å². The summed E-state index contributed by atoms with van der Waals surface area (Å²) >= 11 is 13.5. The second-order valence-electron chi connectivity index (χ2n) is 4.59. The quantitative estimate of drug-likeness (QED) is 0.467. The zero-order chi connectivity index (χ0) is 15.9. The van der Waals surface area contributed by atoms with Gasteiger partial charge in [0.05, 0.1) is 26.6 Å². The largest absolute Gasteiger partial charge is 0.494 e. The molecule has 0 amide bonds. The van der Waals surface area contributed by atoms with Crippen LogP contribution in [0.4, 0.5) is 4.39 Å². The van der Waals surface area contributed by atoms with Crippen LogP contribution in [-0.4, -0.2) is 12.1 Å². The van der Waals surface area contributed by atoms with Crippen molar-refractivity contribution in [3.8, 4) is 16.9 Å². The van der Waals surface area contributed by atoms with E-state index in [9.17, 15) is 4.39 Å². The van der Waals surface area contributed by atoms with E-state index in [-0.39, 0.29) is 5.82 Å². The molecule has 1 heterocycles. The van der Waals surface area contributed by atoms with E-state index in [0.717, 1.165) is 31.0 Å². The van der Waals surface area contributed by atoms with Gasteiger partial charge in [0.15, 0.2) is 0 Å². The first kappa shape index (κ1) is 15.7. The maximum absolute atomic E-state index is 13.1. The van der Waals surface area contributed by atoms with Crippen molar-refractivity contribution in [2.24, 2.45) is 0 Å². The number of benzene rings is 2. The topological polar surface area (TPSA) is 22.1 Å².